The zero-order chi connectivity index (χ0) is 20.4. The number of halogens is 1. The van der Waals surface area contributed by atoms with Crippen molar-refractivity contribution in [1.82, 2.24) is 0 Å². The molecule has 0 fully saturated rings. The van der Waals surface area contributed by atoms with Crippen LogP contribution in [0.25, 0.3) is 10.1 Å². The highest BCUT2D eigenvalue weighted by atomic mass is 32.1. The lowest BCUT2D eigenvalue weighted by atomic mass is 10.1. The maximum absolute atomic E-state index is 14.4. The van der Waals surface area contributed by atoms with Gasteiger partial charge in [0.25, 0.3) is 0 Å². The Bertz CT molecular complexity index is 1100. The Balaban J connectivity index is 1.98. The average Bonchev–Trinajstić information content (AvgIpc) is 2.99. The van der Waals surface area contributed by atoms with Gasteiger partial charge in [0.05, 0.1) is 6.61 Å². The van der Waals surface area contributed by atoms with Gasteiger partial charge in [-0.05, 0) is 38.5 Å². The fourth-order valence-electron chi connectivity index (χ4n) is 2.94. The molecule has 28 heavy (non-hydrogen) atoms. The molecule has 6 nitrogen and oxygen atoms in total. The largest absolute Gasteiger partial charge is 0.462 e. The Kier molecular flexibility index (Phi) is 5.60. The van der Waals surface area contributed by atoms with Gasteiger partial charge in [-0.1, -0.05) is 6.07 Å². The zero-order valence-corrected chi connectivity index (χ0v) is 16.3. The summed E-state index contributed by atoms with van der Waals surface area (Å²) in [5.41, 5.74) is 0.211. The maximum Gasteiger partial charge on any atom is 0.348 e. The number of esters is 2. The molecule has 0 unspecified atom stereocenters. The minimum atomic E-state index is -0.732. The second-order valence-electron chi connectivity index (χ2n) is 6.00. The maximum atomic E-state index is 14.4. The van der Waals surface area contributed by atoms with Gasteiger partial charge in [-0.3, -0.25) is 0 Å². The number of carbonyl (C=O) groups is 2. The van der Waals surface area contributed by atoms with E-state index in [1.807, 2.05) is 0 Å². The van der Waals surface area contributed by atoms with Crippen molar-refractivity contribution in [2.45, 2.75) is 27.4 Å². The highest BCUT2D eigenvalue weighted by Crippen LogP contribution is 2.34. The van der Waals surface area contributed by atoms with Gasteiger partial charge in [0.2, 0.25) is 0 Å². The van der Waals surface area contributed by atoms with Crippen molar-refractivity contribution < 1.29 is 27.9 Å². The molecule has 0 aliphatic carbocycles. The minimum absolute atomic E-state index is 0.122. The van der Waals surface area contributed by atoms with Crippen LogP contribution in [0.3, 0.4) is 0 Å². The van der Waals surface area contributed by atoms with Crippen molar-refractivity contribution in [2.24, 2.45) is 0 Å². The smallest absolute Gasteiger partial charge is 0.348 e. The average molecular weight is 404 g/mol. The van der Waals surface area contributed by atoms with Crippen molar-refractivity contribution in [3.05, 3.63) is 67.8 Å². The molecule has 0 aliphatic rings. The Labute approximate surface area is 163 Å². The summed E-state index contributed by atoms with van der Waals surface area (Å²) in [7, 11) is 0. The monoisotopic (exact) mass is 404 g/mol. The van der Waals surface area contributed by atoms with E-state index in [0.717, 1.165) is 11.3 Å². The highest BCUT2D eigenvalue weighted by Gasteiger charge is 2.24. The molecule has 2 aromatic heterocycles. The molecule has 0 N–H and O–H groups in total. The van der Waals surface area contributed by atoms with Gasteiger partial charge in [0.15, 0.2) is 0 Å². The molecule has 8 heteroatoms. The van der Waals surface area contributed by atoms with Gasteiger partial charge >= 0.3 is 17.6 Å². The molecule has 0 atom stereocenters. The Morgan fingerprint density at radius 2 is 1.93 bits per heavy atom. The molecule has 3 aromatic rings. The predicted octanol–water partition coefficient (Wildman–Crippen LogP) is 4.14. The molecule has 2 heterocycles. The van der Waals surface area contributed by atoms with E-state index in [0.29, 0.717) is 10.3 Å². The molecule has 0 bridgehead atoms. The lowest BCUT2D eigenvalue weighted by molar-refractivity contribution is 0.0449. The fourth-order valence-corrected chi connectivity index (χ4v) is 4.05. The third-order valence-corrected chi connectivity index (χ3v) is 5.29. The Hall–Kier alpha value is -3.00. The van der Waals surface area contributed by atoms with E-state index >= 15 is 0 Å². The number of aryl methyl sites for hydroxylation is 2. The van der Waals surface area contributed by atoms with Crippen LogP contribution in [0.4, 0.5) is 4.39 Å². The normalized spacial score (nSPS) is 10.9. The molecule has 0 amide bonds. The molecule has 0 aliphatic heterocycles. The lowest BCUT2D eigenvalue weighted by Crippen LogP contribution is -2.14. The number of thiophene rings is 1. The lowest BCUT2D eigenvalue weighted by Gasteiger charge is -2.10. The summed E-state index contributed by atoms with van der Waals surface area (Å²) < 4.78 is 30.3. The van der Waals surface area contributed by atoms with E-state index in [-0.39, 0.29) is 40.4 Å². The summed E-state index contributed by atoms with van der Waals surface area (Å²) in [5, 5.41) is 0.219. The topological polar surface area (TPSA) is 82.8 Å². The van der Waals surface area contributed by atoms with Crippen LogP contribution in [-0.4, -0.2) is 18.5 Å². The molecule has 3 rings (SSSR count). The van der Waals surface area contributed by atoms with Crippen LogP contribution in [-0.2, 0) is 16.1 Å². The fraction of sp³-hybridized carbons (Fsp3) is 0.250. The quantitative estimate of drug-likeness (QED) is 0.594. The van der Waals surface area contributed by atoms with E-state index in [1.165, 1.54) is 25.1 Å². The third-order valence-electron chi connectivity index (χ3n) is 4.11. The zero-order valence-electron chi connectivity index (χ0n) is 15.5. The van der Waals surface area contributed by atoms with Gasteiger partial charge in [-0.2, -0.15) is 0 Å². The first kappa shape index (κ1) is 19.8. The molecule has 0 saturated heterocycles. The summed E-state index contributed by atoms with van der Waals surface area (Å²) in [5.74, 6) is -1.73. The van der Waals surface area contributed by atoms with Crippen LogP contribution < -0.4 is 5.63 Å². The van der Waals surface area contributed by atoms with E-state index in [1.54, 1.807) is 19.9 Å². The first-order chi connectivity index (χ1) is 13.3. The number of carbonyl (C=O) groups excluding carboxylic acids is 2. The minimum Gasteiger partial charge on any atom is -0.462 e. The predicted molar refractivity (Wildman–Crippen MR) is 101 cm³/mol. The van der Waals surface area contributed by atoms with Gasteiger partial charge in [0.1, 0.15) is 28.6 Å². The van der Waals surface area contributed by atoms with Crippen LogP contribution >= 0.6 is 11.3 Å². The van der Waals surface area contributed by atoms with Crippen LogP contribution in [0.1, 0.15) is 43.8 Å². The van der Waals surface area contributed by atoms with E-state index in [4.69, 9.17) is 13.9 Å². The van der Waals surface area contributed by atoms with Crippen LogP contribution in [0.5, 0.6) is 0 Å². The van der Waals surface area contributed by atoms with Crippen molar-refractivity contribution in [1.29, 1.82) is 0 Å². The van der Waals surface area contributed by atoms with Crippen LogP contribution in [0, 0.1) is 19.7 Å². The number of benzene rings is 1. The van der Waals surface area contributed by atoms with Crippen molar-refractivity contribution >= 4 is 33.4 Å². The van der Waals surface area contributed by atoms with E-state index in [9.17, 15) is 18.8 Å². The Morgan fingerprint density at radius 1 is 1.18 bits per heavy atom. The summed E-state index contributed by atoms with van der Waals surface area (Å²) in [6.45, 7) is 4.57. The second-order valence-corrected chi connectivity index (χ2v) is 7.05. The number of ether oxygens (including phenoxy) is 2. The Morgan fingerprint density at radius 3 is 2.61 bits per heavy atom. The number of fused-ring (bicyclic) bond motifs is 1. The number of hydrogen-bond donors (Lipinski definition) is 0. The molecule has 0 saturated carbocycles. The van der Waals surface area contributed by atoms with Crippen molar-refractivity contribution in [3.8, 4) is 0 Å². The van der Waals surface area contributed by atoms with E-state index in [2.05, 4.69) is 0 Å². The highest BCUT2D eigenvalue weighted by molar-refractivity contribution is 7.21. The molecule has 1 aromatic carbocycles. The van der Waals surface area contributed by atoms with Crippen LogP contribution in [0.15, 0.2) is 33.5 Å². The second kappa shape index (κ2) is 7.93. The number of hydrogen-bond acceptors (Lipinski definition) is 7. The number of rotatable bonds is 5. The molecule has 146 valence electrons. The summed E-state index contributed by atoms with van der Waals surface area (Å²) in [4.78, 5) is 36.4. The third kappa shape index (κ3) is 3.68. The SMILES string of the molecule is CCOC(=O)c1sc2cccc(F)c2c1COC(=O)c1c(C)cc(=O)oc1C. The van der Waals surface area contributed by atoms with Crippen molar-refractivity contribution in [3.63, 3.8) is 0 Å². The molecule has 0 radical (unpaired) electrons. The van der Waals surface area contributed by atoms with Gasteiger partial charge in [-0.25, -0.2) is 18.8 Å². The first-order valence-corrected chi connectivity index (χ1v) is 9.30. The molecular formula is C20H17FO6S. The van der Waals surface area contributed by atoms with Crippen LogP contribution in [0.2, 0.25) is 0 Å². The van der Waals surface area contributed by atoms with Gasteiger partial charge < -0.3 is 13.9 Å². The summed E-state index contributed by atoms with van der Waals surface area (Å²) in [6, 6.07) is 5.68. The van der Waals surface area contributed by atoms with Crippen molar-refractivity contribution in [2.75, 3.05) is 6.61 Å². The molecule has 0 spiro atoms. The standard InChI is InChI=1S/C20H17FO6S/c1-4-25-20(24)18-12(17-13(21)6-5-7-14(17)28-18)9-26-19(23)16-10(2)8-15(22)27-11(16)3/h5-8H,4,9H2,1-3H3. The molecular weight excluding hydrogens is 387 g/mol. The van der Waals surface area contributed by atoms with E-state index < -0.39 is 23.4 Å². The first-order valence-electron chi connectivity index (χ1n) is 8.49. The van der Waals surface area contributed by atoms with Gasteiger partial charge in [0, 0.05) is 21.7 Å². The summed E-state index contributed by atoms with van der Waals surface area (Å²) >= 11 is 1.08. The van der Waals surface area contributed by atoms with Gasteiger partial charge in [-0.15, -0.1) is 11.3 Å². The summed E-state index contributed by atoms with van der Waals surface area (Å²) in [6.07, 6.45) is 0.